The zero-order valence-electron chi connectivity index (χ0n) is 8.78. The lowest BCUT2D eigenvalue weighted by Crippen LogP contribution is -2.13. The van der Waals surface area contributed by atoms with Gasteiger partial charge in [0.2, 0.25) is 0 Å². The van der Waals surface area contributed by atoms with Crippen molar-refractivity contribution in [2.24, 2.45) is 0 Å². The first-order valence-corrected chi connectivity index (χ1v) is 5.84. The minimum absolute atomic E-state index is 0.502. The number of nitrogens with zero attached hydrogens (tertiary/aromatic N) is 2. The van der Waals surface area contributed by atoms with Crippen molar-refractivity contribution in [1.29, 1.82) is 0 Å². The predicted molar refractivity (Wildman–Crippen MR) is 65.6 cm³/mol. The van der Waals surface area contributed by atoms with Gasteiger partial charge in [0.25, 0.3) is 0 Å². The van der Waals surface area contributed by atoms with Crippen molar-refractivity contribution in [3.8, 4) is 0 Å². The second-order valence-electron chi connectivity index (χ2n) is 4.26. The van der Waals surface area contributed by atoms with E-state index in [-0.39, 0.29) is 0 Å². The van der Waals surface area contributed by atoms with E-state index in [1.165, 1.54) is 19.3 Å². The third kappa shape index (κ3) is 1.52. The van der Waals surface area contributed by atoms with Crippen LogP contribution in [0.15, 0.2) is 18.2 Å². The van der Waals surface area contributed by atoms with Crippen LogP contribution in [0.1, 0.15) is 31.0 Å². The molecule has 2 N–H and O–H groups in total. The number of aromatic nitrogens is 2. The summed E-state index contributed by atoms with van der Waals surface area (Å²) >= 11 is 5.92. The van der Waals surface area contributed by atoms with Gasteiger partial charge in [-0.25, -0.2) is 9.97 Å². The van der Waals surface area contributed by atoms with Gasteiger partial charge in [-0.3, -0.25) is 0 Å². The van der Waals surface area contributed by atoms with Crippen molar-refractivity contribution < 1.29 is 0 Å². The Hall–Kier alpha value is -1.35. The van der Waals surface area contributed by atoms with Gasteiger partial charge in [-0.15, -0.1) is 0 Å². The van der Waals surface area contributed by atoms with Crippen molar-refractivity contribution in [2.45, 2.75) is 25.2 Å². The van der Waals surface area contributed by atoms with Gasteiger partial charge in [0, 0.05) is 16.3 Å². The van der Waals surface area contributed by atoms with E-state index >= 15 is 0 Å². The summed E-state index contributed by atoms with van der Waals surface area (Å²) in [6.45, 7) is 0. The molecule has 0 spiro atoms. The molecular formula is C12H12ClN3. The molecule has 0 radical (unpaired) electrons. The van der Waals surface area contributed by atoms with Crippen LogP contribution in [0.3, 0.4) is 0 Å². The Morgan fingerprint density at radius 2 is 2.06 bits per heavy atom. The third-order valence-electron chi connectivity index (χ3n) is 3.17. The normalized spacial score (nSPS) is 16.3. The summed E-state index contributed by atoms with van der Waals surface area (Å²) in [6, 6.07) is 5.55. The second-order valence-corrected chi connectivity index (χ2v) is 4.69. The van der Waals surface area contributed by atoms with Crippen LogP contribution in [-0.4, -0.2) is 9.97 Å². The van der Waals surface area contributed by atoms with Crippen LogP contribution in [0.5, 0.6) is 0 Å². The van der Waals surface area contributed by atoms with E-state index in [2.05, 4.69) is 9.97 Å². The number of hydrogen-bond donors (Lipinski definition) is 1. The molecule has 2 aromatic rings. The number of anilines is 1. The highest BCUT2D eigenvalue weighted by Gasteiger charge is 2.23. The highest BCUT2D eigenvalue weighted by Crippen LogP contribution is 2.35. The quantitative estimate of drug-likeness (QED) is 0.823. The highest BCUT2D eigenvalue weighted by molar-refractivity contribution is 6.31. The lowest BCUT2D eigenvalue weighted by Gasteiger charge is -2.24. The molecule has 1 aliphatic rings. The fourth-order valence-electron chi connectivity index (χ4n) is 1.99. The maximum absolute atomic E-state index is 5.93. The Kier molecular flexibility index (Phi) is 2.21. The SMILES string of the molecule is Nc1nc(C2CCC2)nc2ccc(Cl)cc12. The molecule has 1 aliphatic carbocycles. The molecule has 0 aliphatic heterocycles. The summed E-state index contributed by atoms with van der Waals surface area (Å²) in [6.07, 6.45) is 3.63. The van der Waals surface area contributed by atoms with E-state index in [9.17, 15) is 0 Å². The number of hydrogen-bond acceptors (Lipinski definition) is 3. The summed E-state index contributed by atoms with van der Waals surface area (Å²) in [5, 5.41) is 1.51. The number of rotatable bonds is 1. The largest absolute Gasteiger partial charge is 0.383 e. The zero-order valence-corrected chi connectivity index (χ0v) is 9.54. The lowest BCUT2D eigenvalue weighted by atomic mass is 9.85. The van der Waals surface area contributed by atoms with Gasteiger partial charge in [0.1, 0.15) is 11.6 Å². The summed E-state index contributed by atoms with van der Waals surface area (Å²) in [5.41, 5.74) is 6.82. The maximum atomic E-state index is 5.93. The van der Waals surface area contributed by atoms with Crippen molar-refractivity contribution in [3.05, 3.63) is 29.0 Å². The Labute approximate surface area is 98.6 Å². The zero-order chi connectivity index (χ0) is 11.1. The Balaban J connectivity index is 2.17. The van der Waals surface area contributed by atoms with Gasteiger partial charge in [0.15, 0.2) is 0 Å². The number of nitrogen functional groups attached to an aromatic ring is 1. The molecule has 82 valence electrons. The molecule has 0 atom stereocenters. The van der Waals surface area contributed by atoms with Gasteiger partial charge in [0.05, 0.1) is 5.52 Å². The standard InChI is InChI=1S/C12H12ClN3/c13-8-4-5-10-9(6-8)11(14)16-12(15-10)7-2-1-3-7/h4-7H,1-3H2,(H2,14,15,16). The summed E-state index contributed by atoms with van der Waals surface area (Å²) in [5.74, 6) is 1.93. The molecule has 3 rings (SSSR count). The molecule has 0 amide bonds. The third-order valence-corrected chi connectivity index (χ3v) is 3.41. The molecule has 16 heavy (non-hydrogen) atoms. The number of halogens is 1. The topological polar surface area (TPSA) is 51.8 Å². The van der Waals surface area contributed by atoms with Gasteiger partial charge in [-0.2, -0.15) is 0 Å². The average Bonchev–Trinajstić information content (AvgIpc) is 2.17. The van der Waals surface area contributed by atoms with Crippen LogP contribution in [0.25, 0.3) is 10.9 Å². The molecule has 1 aromatic carbocycles. The highest BCUT2D eigenvalue weighted by atomic mass is 35.5. The molecule has 4 heteroatoms. The Morgan fingerprint density at radius 3 is 2.75 bits per heavy atom. The fourth-order valence-corrected chi connectivity index (χ4v) is 2.16. The van der Waals surface area contributed by atoms with Crippen LogP contribution in [0.4, 0.5) is 5.82 Å². The van der Waals surface area contributed by atoms with E-state index in [1.54, 1.807) is 0 Å². The number of fused-ring (bicyclic) bond motifs is 1. The van der Waals surface area contributed by atoms with Gasteiger partial charge < -0.3 is 5.73 Å². The predicted octanol–water partition coefficient (Wildman–Crippen LogP) is 3.13. The van der Waals surface area contributed by atoms with Crippen LogP contribution in [0, 0.1) is 0 Å². The smallest absolute Gasteiger partial charge is 0.135 e. The average molecular weight is 234 g/mol. The molecule has 1 saturated carbocycles. The summed E-state index contributed by atoms with van der Waals surface area (Å²) in [7, 11) is 0. The Morgan fingerprint density at radius 1 is 1.25 bits per heavy atom. The van der Waals surface area contributed by atoms with E-state index in [1.807, 2.05) is 18.2 Å². The fraction of sp³-hybridized carbons (Fsp3) is 0.333. The van der Waals surface area contributed by atoms with E-state index < -0.39 is 0 Å². The van der Waals surface area contributed by atoms with Crippen LogP contribution in [-0.2, 0) is 0 Å². The Bertz CT molecular complexity index is 549. The molecule has 1 fully saturated rings. The van der Waals surface area contributed by atoms with Gasteiger partial charge in [-0.05, 0) is 31.0 Å². The number of nitrogens with two attached hydrogens (primary N) is 1. The number of benzene rings is 1. The van der Waals surface area contributed by atoms with Crippen molar-refractivity contribution in [3.63, 3.8) is 0 Å². The molecule has 3 nitrogen and oxygen atoms in total. The van der Waals surface area contributed by atoms with Crippen molar-refractivity contribution >= 4 is 28.3 Å². The van der Waals surface area contributed by atoms with Gasteiger partial charge in [-0.1, -0.05) is 18.0 Å². The first kappa shape index (κ1) is 9.85. The van der Waals surface area contributed by atoms with E-state index in [0.717, 1.165) is 16.7 Å². The van der Waals surface area contributed by atoms with Crippen LogP contribution < -0.4 is 5.73 Å². The lowest BCUT2D eigenvalue weighted by molar-refractivity contribution is 0.403. The first-order valence-electron chi connectivity index (χ1n) is 5.47. The molecule has 0 bridgehead atoms. The monoisotopic (exact) mass is 233 g/mol. The maximum Gasteiger partial charge on any atom is 0.135 e. The van der Waals surface area contributed by atoms with Crippen molar-refractivity contribution in [2.75, 3.05) is 5.73 Å². The summed E-state index contributed by atoms with van der Waals surface area (Å²) in [4.78, 5) is 8.92. The first-order chi connectivity index (χ1) is 7.74. The molecular weight excluding hydrogens is 222 g/mol. The molecule has 0 saturated heterocycles. The molecule has 1 aromatic heterocycles. The van der Waals surface area contributed by atoms with E-state index in [4.69, 9.17) is 17.3 Å². The minimum atomic E-state index is 0.502. The van der Waals surface area contributed by atoms with Gasteiger partial charge >= 0.3 is 0 Å². The minimum Gasteiger partial charge on any atom is -0.383 e. The van der Waals surface area contributed by atoms with Crippen molar-refractivity contribution in [1.82, 2.24) is 9.97 Å². The van der Waals surface area contributed by atoms with Crippen LogP contribution in [0.2, 0.25) is 5.02 Å². The van der Waals surface area contributed by atoms with E-state index in [0.29, 0.717) is 16.8 Å². The van der Waals surface area contributed by atoms with Crippen LogP contribution >= 0.6 is 11.6 Å². The second kappa shape index (κ2) is 3.59. The summed E-state index contributed by atoms with van der Waals surface area (Å²) < 4.78 is 0. The molecule has 1 heterocycles. The molecule has 0 unspecified atom stereocenters.